The maximum Gasteiger partial charge on any atom is 0.328 e. The molecule has 0 fully saturated rings. The van der Waals surface area contributed by atoms with E-state index in [4.69, 9.17) is 5.11 Å². The van der Waals surface area contributed by atoms with Gasteiger partial charge in [0.15, 0.2) is 6.04 Å². The summed E-state index contributed by atoms with van der Waals surface area (Å²) in [7, 11) is 1.37. The van der Waals surface area contributed by atoms with E-state index in [1.165, 1.54) is 7.11 Å². The van der Waals surface area contributed by atoms with E-state index in [9.17, 15) is 9.59 Å². The van der Waals surface area contributed by atoms with E-state index < -0.39 is 23.6 Å². The van der Waals surface area contributed by atoms with Crippen LogP contribution < -0.4 is 10.6 Å². The summed E-state index contributed by atoms with van der Waals surface area (Å²) < 4.78 is 4.67. The Morgan fingerprint density at radius 2 is 1.93 bits per heavy atom. The highest BCUT2D eigenvalue weighted by atomic mass is 16.5. The molecule has 6 nitrogen and oxygen atoms in total. The second-order valence-electron chi connectivity index (χ2n) is 4.19. The van der Waals surface area contributed by atoms with Gasteiger partial charge in [-0.15, -0.1) is 0 Å². The molecule has 0 bridgehead atoms. The number of nitrogens with one attached hydrogen (secondary N) is 2. The van der Waals surface area contributed by atoms with Gasteiger partial charge < -0.3 is 20.5 Å². The van der Waals surface area contributed by atoms with Gasteiger partial charge in [-0.05, 0) is 20.8 Å². The van der Waals surface area contributed by atoms with Crippen molar-refractivity contribution in [2.75, 3.05) is 13.7 Å². The molecule has 0 rings (SSSR count). The van der Waals surface area contributed by atoms with Gasteiger partial charge in [0.25, 0.3) is 0 Å². The Morgan fingerprint density at radius 3 is 2.27 bits per heavy atom. The van der Waals surface area contributed by atoms with E-state index in [0.717, 1.165) is 0 Å². The Labute approximate surface area is 89.0 Å². The molecule has 3 N–H and O–H groups in total. The number of aliphatic carboxylic acids is 1. The van der Waals surface area contributed by atoms with Crippen molar-refractivity contribution >= 4 is 12.0 Å². The fourth-order valence-electron chi connectivity index (χ4n) is 0.876. The van der Waals surface area contributed by atoms with E-state index >= 15 is 0 Å². The predicted octanol–water partition coefficient (Wildman–Crippen LogP) is 0.184. The third-order valence-corrected chi connectivity index (χ3v) is 1.43. The molecule has 0 heterocycles. The maximum absolute atomic E-state index is 11.3. The monoisotopic (exact) mass is 218 g/mol. The lowest BCUT2D eigenvalue weighted by atomic mass is 10.1. The molecule has 0 aliphatic rings. The molecule has 0 aliphatic carbocycles. The average Bonchev–Trinajstić information content (AvgIpc) is 1.99. The number of carbonyl (C=O) groups is 2. The molecule has 0 saturated heterocycles. The molecule has 1 unspecified atom stereocenters. The number of carbonyl (C=O) groups excluding carboxylic acids is 1. The number of hydrogen-bond acceptors (Lipinski definition) is 3. The number of rotatable bonds is 4. The van der Waals surface area contributed by atoms with Crippen LogP contribution in [0.15, 0.2) is 0 Å². The number of urea groups is 1. The zero-order valence-corrected chi connectivity index (χ0v) is 9.46. The maximum atomic E-state index is 11.3. The van der Waals surface area contributed by atoms with E-state index in [2.05, 4.69) is 15.4 Å². The zero-order chi connectivity index (χ0) is 12.1. The number of carboxylic acid groups (broad SMARTS) is 1. The van der Waals surface area contributed by atoms with Crippen LogP contribution in [0.3, 0.4) is 0 Å². The van der Waals surface area contributed by atoms with Crippen LogP contribution in [0.4, 0.5) is 4.79 Å². The summed E-state index contributed by atoms with van der Waals surface area (Å²) in [4.78, 5) is 22.0. The number of amides is 2. The van der Waals surface area contributed by atoms with Gasteiger partial charge in [-0.2, -0.15) is 0 Å². The first-order chi connectivity index (χ1) is 6.76. The van der Waals surface area contributed by atoms with Crippen LogP contribution in [0.2, 0.25) is 0 Å². The summed E-state index contributed by atoms with van der Waals surface area (Å²) in [6.07, 6.45) is 0. The van der Waals surface area contributed by atoms with E-state index in [1.54, 1.807) is 20.8 Å². The highest BCUT2D eigenvalue weighted by molar-refractivity contribution is 5.82. The molecule has 6 heteroatoms. The Balaban J connectivity index is 4.18. The molecule has 2 amide bonds. The quantitative estimate of drug-likeness (QED) is 0.628. The van der Waals surface area contributed by atoms with Crippen LogP contribution in [0.5, 0.6) is 0 Å². The molecule has 0 aromatic heterocycles. The van der Waals surface area contributed by atoms with Gasteiger partial charge in [0.2, 0.25) is 0 Å². The molecule has 1 atom stereocenters. The Kier molecular flexibility index (Phi) is 5.07. The molecule has 0 radical (unpaired) electrons. The number of ether oxygens (including phenoxy) is 1. The summed E-state index contributed by atoms with van der Waals surface area (Å²) in [5.74, 6) is -1.12. The lowest BCUT2D eigenvalue weighted by molar-refractivity contribution is -0.140. The van der Waals surface area contributed by atoms with E-state index in [-0.39, 0.29) is 6.61 Å². The summed E-state index contributed by atoms with van der Waals surface area (Å²) in [5.41, 5.74) is -0.403. The number of methoxy groups -OCH3 is 1. The van der Waals surface area contributed by atoms with Gasteiger partial charge in [-0.1, -0.05) is 0 Å². The second kappa shape index (κ2) is 5.55. The minimum Gasteiger partial charge on any atom is -0.480 e. The largest absolute Gasteiger partial charge is 0.480 e. The van der Waals surface area contributed by atoms with Crippen molar-refractivity contribution < 1.29 is 19.4 Å². The van der Waals surface area contributed by atoms with Crippen LogP contribution in [0, 0.1) is 0 Å². The Morgan fingerprint density at radius 1 is 1.40 bits per heavy atom. The SMILES string of the molecule is COCC(NC(=O)NC(C)(C)C)C(=O)O. The van der Waals surface area contributed by atoms with Gasteiger partial charge in [-0.3, -0.25) is 0 Å². The predicted molar refractivity (Wildman–Crippen MR) is 54.7 cm³/mol. The van der Waals surface area contributed by atoms with Crippen molar-refractivity contribution in [1.82, 2.24) is 10.6 Å². The fraction of sp³-hybridized carbons (Fsp3) is 0.778. The number of hydrogen-bond donors (Lipinski definition) is 3. The smallest absolute Gasteiger partial charge is 0.328 e. The van der Waals surface area contributed by atoms with Crippen molar-refractivity contribution in [2.45, 2.75) is 32.4 Å². The lowest BCUT2D eigenvalue weighted by Crippen LogP contribution is -2.52. The molecule has 0 aliphatic heterocycles. The van der Waals surface area contributed by atoms with Crippen LogP contribution in [0.25, 0.3) is 0 Å². The molecule has 88 valence electrons. The standard InChI is InChI=1S/C9H18N2O4/c1-9(2,3)11-8(14)10-6(5-15-4)7(12)13/h6H,5H2,1-4H3,(H,12,13)(H2,10,11,14). The molecule has 0 spiro atoms. The summed E-state index contributed by atoms with van der Waals surface area (Å²) in [6, 6.07) is -1.55. The topological polar surface area (TPSA) is 87.7 Å². The molecule has 15 heavy (non-hydrogen) atoms. The highest BCUT2D eigenvalue weighted by Crippen LogP contribution is 1.98. The van der Waals surface area contributed by atoms with Gasteiger partial charge in [0, 0.05) is 12.6 Å². The third-order valence-electron chi connectivity index (χ3n) is 1.43. The van der Waals surface area contributed by atoms with Crippen LogP contribution in [-0.2, 0) is 9.53 Å². The van der Waals surface area contributed by atoms with Gasteiger partial charge in [0.1, 0.15) is 0 Å². The zero-order valence-electron chi connectivity index (χ0n) is 9.46. The molecule has 0 saturated carbocycles. The van der Waals surface area contributed by atoms with Crippen LogP contribution in [0.1, 0.15) is 20.8 Å². The summed E-state index contributed by atoms with van der Waals surface area (Å²) in [6.45, 7) is 5.35. The minimum atomic E-state index is -1.12. The van der Waals surface area contributed by atoms with Crippen molar-refractivity contribution in [3.8, 4) is 0 Å². The molecule has 0 aromatic rings. The Hall–Kier alpha value is -1.30. The van der Waals surface area contributed by atoms with Gasteiger partial charge in [-0.25, -0.2) is 9.59 Å². The third kappa shape index (κ3) is 6.73. The van der Waals surface area contributed by atoms with Gasteiger partial charge >= 0.3 is 12.0 Å². The van der Waals surface area contributed by atoms with Crippen LogP contribution in [-0.4, -0.2) is 42.4 Å². The number of carboxylic acids is 1. The summed E-state index contributed by atoms with van der Waals surface area (Å²) >= 11 is 0. The highest BCUT2D eigenvalue weighted by Gasteiger charge is 2.21. The average molecular weight is 218 g/mol. The lowest BCUT2D eigenvalue weighted by Gasteiger charge is -2.22. The molecular formula is C9H18N2O4. The Bertz CT molecular complexity index is 235. The first-order valence-electron chi connectivity index (χ1n) is 4.56. The van der Waals surface area contributed by atoms with Crippen molar-refractivity contribution in [3.63, 3.8) is 0 Å². The molecule has 0 aromatic carbocycles. The van der Waals surface area contributed by atoms with E-state index in [1.807, 2.05) is 0 Å². The second-order valence-corrected chi connectivity index (χ2v) is 4.19. The van der Waals surface area contributed by atoms with E-state index in [0.29, 0.717) is 0 Å². The minimum absolute atomic E-state index is 0.0626. The molecular weight excluding hydrogens is 200 g/mol. The van der Waals surface area contributed by atoms with Crippen LogP contribution >= 0.6 is 0 Å². The van der Waals surface area contributed by atoms with Crippen molar-refractivity contribution in [2.24, 2.45) is 0 Å². The normalized spacial score (nSPS) is 13.1. The summed E-state index contributed by atoms with van der Waals surface area (Å²) in [5, 5.41) is 13.6. The van der Waals surface area contributed by atoms with Crippen molar-refractivity contribution in [1.29, 1.82) is 0 Å². The van der Waals surface area contributed by atoms with Crippen molar-refractivity contribution in [3.05, 3.63) is 0 Å². The first-order valence-corrected chi connectivity index (χ1v) is 4.56. The first kappa shape index (κ1) is 13.7. The fourth-order valence-corrected chi connectivity index (χ4v) is 0.876. The van der Waals surface area contributed by atoms with Gasteiger partial charge in [0.05, 0.1) is 6.61 Å².